The van der Waals surface area contributed by atoms with Crippen molar-refractivity contribution in [3.8, 4) is 0 Å². The van der Waals surface area contributed by atoms with Gasteiger partial charge in [0.2, 0.25) is 10.0 Å². The second-order valence-electron chi connectivity index (χ2n) is 3.27. The smallest absolute Gasteiger partial charge is 0.235 e. The molecule has 0 aromatic carbocycles. The number of hydrogen-bond acceptors (Lipinski definition) is 3. The molecular formula is C8H12N2O2S. The predicted molar refractivity (Wildman–Crippen MR) is 51.5 cm³/mol. The molecule has 1 N–H and O–H groups in total. The van der Waals surface area contributed by atoms with Crippen LogP contribution in [0, 0.1) is 0 Å². The summed E-state index contributed by atoms with van der Waals surface area (Å²) in [7, 11) is -3.12. The lowest BCUT2D eigenvalue weighted by atomic mass is 10.1. The average molecular weight is 200 g/mol. The zero-order valence-electron chi connectivity index (χ0n) is 7.45. The van der Waals surface area contributed by atoms with Crippen molar-refractivity contribution in [3.05, 3.63) is 18.0 Å². The molecule has 1 aliphatic rings. The molecule has 2 rings (SSSR count). The van der Waals surface area contributed by atoms with Gasteiger partial charge in [-0.3, -0.25) is 0 Å². The van der Waals surface area contributed by atoms with Gasteiger partial charge in [0.15, 0.2) is 0 Å². The molecule has 2 heterocycles. The quantitative estimate of drug-likeness (QED) is 0.724. The van der Waals surface area contributed by atoms with Gasteiger partial charge >= 0.3 is 0 Å². The summed E-state index contributed by atoms with van der Waals surface area (Å²) in [5.74, 6) is 0. The van der Waals surface area contributed by atoms with Crippen LogP contribution in [0.1, 0.15) is 12.1 Å². The molecular weight excluding hydrogens is 188 g/mol. The lowest BCUT2D eigenvalue weighted by Crippen LogP contribution is -2.17. The molecule has 0 saturated carbocycles. The van der Waals surface area contributed by atoms with Gasteiger partial charge in [-0.15, -0.1) is 0 Å². The lowest BCUT2D eigenvalue weighted by molar-refractivity contribution is 0.590. The predicted octanol–water partition coefficient (Wildman–Crippen LogP) is 0.654. The second-order valence-corrected chi connectivity index (χ2v) is 5.12. The van der Waals surface area contributed by atoms with Crippen molar-refractivity contribution in [3.63, 3.8) is 0 Å². The maximum atomic E-state index is 11.3. The molecule has 0 aliphatic carbocycles. The van der Waals surface area contributed by atoms with Gasteiger partial charge in [0.25, 0.3) is 0 Å². The molecule has 0 atom stereocenters. The molecule has 0 amide bonds. The fraction of sp³-hybridized carbons (Fsp3) is 0.500. The monoisotopic (exact) mass is 200 g/mol. The van der Waals surface area contributed by atoms with Crippen molar-refractivity contribution in [1.29, 1.82) is 0 Å². The molecule has 1 aromatic rings. The second kappa shape index (κ2) is 2.77. The molecule has 1 aromatic heterocycles. The van der Waals surface area contributed by atoms with Crippen molar-refractivity contribution in [2.75, 3.05) is 18.1 Å². The normalized spacial score (nSPS) is 16.4. The largest absolute Gasteiger partial charge is 0.384 e. The third kappa shape index (κ3) is 1.44. The van der Waals surface area contributed by atoms with E-state index in [0.29, 0.717) is 0 Å². The third-order valence-electron chi connectivity index (χ3n) is 2.22. The van der Waals surface area contributed by atoms with Crippen molar-refractivity contribution in [1.82, 2.24) is 3.97 Å². The van der Waals surface area contributed by atoms with E-state index in [1.807, 2.05) is 6.07 Å². The highest BCUT2D eigenvalue weighted by Crippen LogP contribution is 2.23. The van der Waals surface area contributed by atoms with Crippen LogP contribution in [0.2, 0.25) is 0 Å². The van der Waals surface area contributed by atoms with Gasteiger partial charge in [0.1, 0.15) is 0 Å². The summed E-state index contributed by atoms with van der Waals surface area (Å²) in [6.45, 7) is 0.931. The maximum Gasteiger partial charge on any atom is 0.235 e. The minimum atomic E-state index is -3.12. The molecule has 0 saturated heterocycles. The molecule has 0 bridgehead atoms. The summed E-state index contributed by atoms with van der Waals surface area (Å²) < 4.78 is 24.0. The third-order valence-corrected chi connectivity index (χ3v) is 3.27. The molecule has 72 valence electrons. The van der Waals surface area contributed by atoms with Crippen molar-refractivity contribution >= 4 is 15.7 Å². The Kier molecular flexibility index (Phi) is 1.83. The Labute approximate surface area is 77.6 Å². The van der Waals surface area contributed by atoms with Crippen molar-refractivity contribution in [2.45, 2.75) is 12.8 Å². The highest BCUT2D eigenvalue weighted by atomic mass is 32.2. The van der Waals surface area contributed by atoms with E-state index >= 15 is 0 Å². The molecule has 13 heavy (non-hydrogen) atoms. The Balaban J connectivity index is 2.55. The fourth-order valence-electron chi connectivity index (χ4n) is 1.64. The van der Waals surface area contributed by atoms with Crippen LogP contribution in [-0.4, -0.2) is 25.2 Å². The van der Waals surface area contributed by atoms with E-state index in [-0.39, 0.29) is 0 Å². The first-order valence-corrected chi connectivity index (χ1v) is 6.08. The van der Waals surface area contributed by atoms with Gasteiger partial charge in [-0.1, -0.05) is 0 Å². The Morgan fingerprint density at radius 2 is 2.31 bits per heavy atom. The summed E-state index contributed by atoms with van der Waals surface area (Å²) in [4.78, 5) is 0. The van der Waals surface area contributed by atoms with Gasteiger partial charge < -0.3 is 5.32 Å². The number of nitrogens with zero attached hydrogens (tertiary/aromatic N) is 1. The van der Waals surface area contributed by atoms with E-state index in [0.717, 1.165) is 30.8 Å². The van der Waals surface area contributed by atoms with E-state index in [2.05, 4.69) is 5.32 Å². The Morgan fingerprint density at radius 1 is 1.54 bits per heavy atom. The first-order chi connectivity index (χ1) is 6.09. The molecule has 0 radical (unpaired) electrons. The van der Waals surface area contributed by atoms with Crippen LogP contribution < -0.4 is 5.32 Å². The molecule has 5 heteroatoms. The zero-order chi connectivity index (χ0) is 9.47. The van der Waals surface area contributed by atoms with Gasteiger partial charge in [-0.25, -0.2) is 12.4 Å². The summed E-state index contributed by atoms with van der Waals surface area (Å²) in [6, 6.07) is 1.82. The number of anilines is 1. The number of hydrogen-bond donors (Lipinski definition) is 1. The zero-order valence-corrected chi connectivity index (χ0v) is 8.26. The van der Waals surface area contributed by atoms with Crippen LogP contribution in [0.4, 0.5) is 5.69 Å². The van der Waals surface area contributed by atoms with Crippen LogP contribution in [0.25, 0.3) is 0 Å². The number of fused-ring (bicyclic) bond motifs is 1. The van der Waals surface area contributed by atoms with E-state index in [1.165, 1.54) is 10.2 Å². The van der Waals surface area contributed by atoms with E-state index in [9.17, 15) is 8.42 Å². The number of nitrogens with one attached hydrogen (secondary N) is 1. The van der Waals surface area contributed by atoms with Gasteiger partial charge in [-0.05, 0) is 18.9 Å². The minimum absolute atomic E-state index is 0.836. The molecule has 1 aliphatic heterocycles. The highest BCUT2D eigenvalue weighted by Gasteiger charge is 2.17. The lowest BCUT2D eigenvalue weighted by Gasteiger charge is -2.15. The van der Waals surface area contributed by atoms with Crippen LogP contribution >= 0.6 is 0 Å². The first kappa shape index (κ1) is 8.62. The van der Waals surface area contributed by atoms with Crippen LogP contribution in [0.3, 0.4) is 0 Å². The average Bonchev–Trinajstić information content (AvgIpc) is 2.45. The fourth-order valence-corrected chi connectivity index (χ4v) is 2.51. The Hall–Kier alpha value is -0.970. The summed E-state index contributed by atoms with van der Waals surface area (Å²) in [6.07, 6.45) is 4.66. The topological polar surface area (TPSA) is 51.1 Å². The minimum Gasteiger partial charge on any atom is -0.384 e. The Bertz CT molecular complexity index is 419. The van der Waals surface area contributed by atoms with E-state index in [1.54, 1.807) is 6.20 Å². The van der Waals surface area contributed by atoms with Gasteiger partial charge in [0, 0.05) is 12.7 Å². The van der Waals surface area contributed by atoms with Crippen LogP contribution in [0.15, 0.2) is 12.3 Å². The summed E-state index contributed by atoms with van der Waals surface area (Å²) in [5, 5.41) is 3.17. The van der Waals surface area contributed by atoms with Crippen molar-refractivity contribution in [2.24, 2.45) is 0 Å². The Morgan fingerprint density at radius 3 is 3.00 bits per heavy atom. The van der Waals surface area contributed by atoms with Crippen LogP contribution in [-0.2, 0) is 16.4 Å². The van der Waals surface area contributed by atoms with E-state index < -0.39 is 10.0 Å². The summed E-state index contributed by atoms with van der Waals surface area (Å²) >= 11 is 0. The SMILES string of the molecule is CS(=O)(=O)n1ccc2c1CCCN2. The van der Waals surface area contributed by atoms with Crippen LogP contribution in [0.5, 0.6) is 0 Å². The first-order valence-electron chi connectivity index (χ1n) is 4.24. The molecule has 0 fully saturated rings. The maximum absolute atomic E-state index is 11.3. The summed E-state index contributed by atoms with van der Waals surface area (Å²) in [5.41, 5.74) is 1.84. The standard InChI is InChI=1S/C8H12N2O2S/c1-13(11,12)10-6-4-7-8(10)3-2-5-9-7/h4,6,9H,2-3,5H2,1H3. The van der Waals surface area contributed by atoms with Crippen molar-refractivity contribution < 1.29 is 8.42 Å². The number of rotatable bonds is 1. The van der Waals surface area contributed by atoms with Gasteiger partial charge in [-0.2, -0.15) is 0 Å². The van der Waals surface area contributed by atoms with Gasteiger partial charge in [0.05, 0.1) is 17.6 Å². The highest BCUT2D eigenvalue weighted by molar-refractivity contribution is 7.89. The molecule has 0 unspecified atom stereocenters. The molecule has 4 nitrogen and oxygen atoms in total. The molecule has 0 spiro atoms. The van der Waals surface area contributed by atoms with E-state index in [4.69, 9.17) is 0 Å². The number of aromatic nitrogens is 1.